The van der Waals surface area contributed by atoms with Gasteiger partial charge in [-0.2, -0.15) is 0 Å². The van der Waals surface area contributed by atoms with Gasteiger partial charge < -0.3 is 5.11 Å². The first-order valence-corrected chi connectivity index (χ1v) is 8.09. The topological polar surface area (TPSA) is 20.2 Å². The van der Waals surface area contributed by atoms with Gasteiger partial charge in [0, 0.05) is 9.77 Å². The van der Waals surface area contributed by atoms with E-state index >= 15 is 0 Å². The Labute approximate surface area is 117 Å². The van der Waals surface area contributed by atoms with Crippen molar-refractivity contribution in [3.05, 3.63) is 52.2 Å². The Morgan fingerprint density at radius 2 is 2.00 bits per heavy atom. The Bertz CT molecular complexity index is 448. The van der Waals surface area contributed by atoms with Crippen LogP contribution in [0.1, 0.15) is 29.9 Å². The van der Waals surface area contributed by atoms with Crippen LogP contribution in [-0.2, 0) is 6.42 Å². The summed E-state index contributed by atoms with van der Waals surface area (Å²) in [7, 11) is 0. The van der Waals surface area contributed by atoms with Gasteiger partial charge in [0.25, 0.3) is 0 Å². The first kappa shape index (κ1) is 13.7. The summed E-state index contributed by atoms with van der Waals surface area (Å²) in [6.07, 6.45) is 1.39. The molecule has 1 N–H and O–H groups in total. The molecular weight excluding hydrogens is 260 g/mol. The number of benzene rings is 1. The summed E-state index contributed by atoms with van der Waals surface area (Å²) in [5, 5.41) is 12.2. The van der Waals surface area contributed by atoms with Crippen LogP contribution in [0.5, 0.6) is 0 Å². The SMILES string of the molecule is CCSc1ccc(C(O)CCc2cccs2)cc1. The third-order valence-corrected chi connectivity index (χ3v) is 4.65. The van der Waals surface area contributed by atoms with Gasteiger partial charge in [-0.15, -0.1) is 23.1 Å². The molecule has 0 aliphatic rings. The van der Waals surface area contributed by atoms with E-state index in [0.717, 1.165) is 24.2 Å². The lowest BCUT2D eigenvalue weighted by Crippen LogP contribution is -1.98. The first-order valence-electron chi connectivity index (χ1n) is 6.23. The minimum atomic E-state index is -0.354. The van der Waals surface area contributed by atoms with Gasteiger partial charge in [-0.3, -0.25) is 0 Å². The lowest BCUT2D eigenvalue weighted by Gasteiger charge is -2.10. The average Bonchev–Trinajstić information content (AvgIpc) is 2.90. The fraction of sp³-hybridized carbons (Fsp3) is 0.333. The second kappa shape index (κ2) is 6.98. The quantitative estimate of drug-likeness (QED) is 0.784. The minimum Gasteiger partial charge on any atom is -0.388 e. The molecule has 0 amide bonds. The molecule has 0 spiro atoms. The fourth-order valence-electron chi connectivity index (χ4n) is 1.85. The lowest BCUT2D eigenvalue weighted by atomic mass is 10.0. The van der Waals surface area contributed by atoms with Gasteiger partial charge in [-0.1, -0.05) is 25.1 Å². The van der Waals surface area contributed by atoms with Gasteiger partial charge >= 0.3 is 0 Å². The van der Waals surface area contributed by atoms with Crippen LogP contribution >= 0.6 is 23.1 Å². The van der Waals surface area contributed by atoms with Crippen LogP contribution in [-0.4, -0.2) is 10.9 Å². The molecule has 0 aliphatic heterocycles. The highest BCUT2D eigenvalue weighted by Gasteiger charge is 2.08. The summed E-state index contributed by atoms with van der Waals surface area (Å²) in [6, 6.07) is 12.4. The number of thioether (sulfide) groups is 1. The van der Waals surface area contributed by atoms with E-state index in [0.29, 0.717) is 0 Å². The molecule has 0 saturated heterocycles. The molecule has 1 unspecified atom stereocenters. The molecule has 2 aromatic rings. The van der Waals surface area contributed by atoms with Crippen molar-refractivity contribution in [2.45, 2.75) is 30.8 Å². The maximum Gasteiger partial charge on any atom is 0.0793 e. The van der Waals surface area contributed by atoms with Crippen LogP contribution in [0.25, 0.3) is 0 Å². The van der Waals surface area contributed by atoms with Gasteiger partial charge in [0.15, 0.2) is 0 Å². The van der Waals surface area contributed by atoms with E-state index in [9.17, 15) is 5.11 Å². The van der Waals surface area contributed by atoms with E-state index < -0.39 is 0 Å². The molecule has 0 bridgehead atoms. The van der Waals surface area contributed by atoms with E-state index in [1.54, 1.807) is 11.3 Å². The molecule has 2 rings (SSSR count). The number of rotatable bonds is 6. The van der Waals surface area contributed by atoms with Crippen molar-refractivity contribution in [3.63, 3.8) is 0 Å². The van der Waals surface area contributed by atoms with E-state index in [4.69, 9.17) is 0 Å². The number of hydrogen-bond donors (Lipinski definition) is 1. The largest absolute Gasteiger partial charge is 0.388 e. The molecule has 3 heteroatoms. The highest BCUT2D eigenvalue weighted by molar-refractivity contribution is 7.99. The van der Waals surface area contributed by atoms with Crippen molar-refractivity contribution in [2.24, 2.45) is 0 Å². The molecule has 1 atom stereocenters. The Hall–Kier alpha value is -0.770. The number of aliphatic hydroxyl groups excluding tert-OH is 1. The van der Waals surface area contributed by atoms with Crippen molar-refractivity contribution in [1.82, 2.24) is 0 Å². The summed E-state index contributed by atoms with van der Waals surface area (Å²) in [5.41, 5.74) is 1.02. The summed E-state index contributed by atoms with van der Waals surface area (Å²) in [6.45, 7) is 2.15. The second-order valence-corrected chi connectivity index (χ2v) is 6.51. The molecule has 1 aromatic heterocycles. The molecule has 0 radical (unpaired) electrons. The summed E-state index contributed by atoms with van der Waals surface area (Å²) >= 11 is 3.58. The van der Waals surface area contributed by atoms with E-state index in [-0.39, 0.29) is 6.10 Å². The van der Waals surface area contributed by atoms with Crippen molar-refractivity contribution >= 4 is 23.1 Å². The number of hydrogen-bond acceptors (Lipinski definition) is 3. The van der Waals surface area contributed by atoms with E-state index in [1.807, 2.05) is 23.9 Å². The van der Waals surface area contributed by atoms with Crippen LogP contribution in [0.15, 0.2) is 46.7 Å². The number of aliphatic hydroxyl groups is 1. The van der Waals surface area contributed by atoms with Gasteiger partial charge in [0.2, 0.25) is 0 Å². The minimum absolute atomic E-state index is 0.354. The summed E-state index contributed by atoms with van der Waals surface area (Å²) < 4.78 is 0. The second-order valence-electron chi connectivity index (χ2n) is 4.14. The molecule has 0 aliphatic carbocycles. The highest BCUT2D eigenvalue weighted by Crippen LogP contribution is 2.24. The van der Waals surface area contributed by atoms with Crippen molar-refractivity contribution in [1.29, 1.82) is 0 Å². The molecule has 1 aromatic carbocycles. The molecular formula is C15H18OS2. The predicted octanol–water partition coefficient (Wildman–Crippen LogP) is 4.53. The summed E-state index contributed by atoms with van der Waals surface area (Å²) in [4.78, 5) is 2.61. The highest BCUT2D eigenvalue weighted by atomic mass is 32.2. The van der Waals surface area contributed by atoms with E-state index in [1.165, 1.54) is 9.77 Å². The van der Waals surface area contributed by atoms with E-state index in [2.05, 4.69) is 36.6 Å². The number of thiophene rings is 1. The Morgan fingerprint density at radius 3 is 2.61 bits per heavy atom. The maximum absolute atomic E-state index is 10.1. The third kappa shape index (κ3) is 3.87. The standard InChI is InChI=1S/C15H18OS2/c1-2-17-14-7-5-12(6-8-14)15(16)10-9-13-4-3-11-18-13/h3-8,11,15-16H,2,9-10H2,1H3. The Balaban J connectivity index is 1.89. The molecule has 0 fully saturated rings. The predicted molar refractivity (Wildman–Crippen MR) is 80.4 cm³/mol. The maximum atomic E-state index is 10.1. The van der Waals surface area contributed by atoms with Crippen molar-refractivity contribution in [3.8, 4) is 0 Å². The van der Waals surface area contributed by atoms with Crippen LogP contribution in [0.4, 0.5) is 0 Å². The number of aryl methyl sites for hydroxylation is 1. The van der Waals surface area contributed by atoms with Gasteiger partial charge in [-0.05, 0) is 47.7 Å². The van der Waals surface area contributed by atoms with Crippen LogP contribution in [0, 0.1) is 0 Å². The van der Waals surface area contributed by atoms with Gasteiger partial charge in [0.05, 0.1) is 6.10 Å². The normalized spacial score (nSPS) is 12.6. The average molecular weight is 278 g/mol. The zero-order valence-electron chi connectivity index (χ0n) is 10.5. The Kier molecular flexibility index (Phi) is 5.29. The van der Waals surface area contributed by atoms with Crippen LogP contribution in [0.2, 0.25) is 0 Å². The lowest BCUT2D eigenvalue weighted by molar-refractivity contribution is 0.168. The van der Waals surface area contributed by atoms with Crippen LogP contribution in [0.3, 0.4) is 0 Å². The molecule has 1 nitrogen and oxygen atoms in total. The third-order valence-electron chi connectivity index (χ3n) is 2.82. The van der Waals surface area contributed by atoms with Crippen LogP contribution < -0.4 is 0 Å². The zero-order chi connectivity index (χ0) is 12.8. The molecule has 18 heavy (non-hydrogen) atoms. The monoisotopic (exact) mass is 278 g/mol. The van der Waals surface area contributed by atoms with Gasteiger partial charge in [-0.25, -0.2) is 0 Å². The Morgan fingerprint density at radius 1 is 1.22 bits per heavy atom. The van der Waals surface area contributed by atoms with Crippen molar-refractivity contribution in [2.75, 3.05) is 5.75 Å². The molecule has 0 saturated carbocycles. The first-order chi connectivity index (χ1) is 8.79. The molecule has 96 valence electrons. The smallest absolute Gasteiger partial charge is 0.0793 e. The molecule has 1 heterocycles. The van der Waals surface area contributed by atoms with Crippen molar-refractivity contribution < 1.29 is 5.11 Å². The summed E-state index contributed by atoms with van der Waals surface area (Å²) in [5.74, 6) is 1.08. The fourth-order valence-corrected chi connectivity index (χ4v) is 3.24. The van der Waals surface area contributed by atoms with Gasteiger partial charge in [0.1, 0.15) is 0 Å². The zero-order valence-corrected chi connectivity index (χ0v) is 12.1.